The van der Waals surface area contributed by atoms with E-state index < -0.39 is 5.41 Å². The Bertz CT molecular complexity index is 965. The zero-order valence-corrected chi connectivity index (χ0v) is 15.8. The van der Waals surface area contributed by atoms with Gasteiger partial charge in [-0.15, -0.1) is 0 Å². The van der Waals surface area contributed by atoms with Gasteiger partial charge in [0.1, 0.15) is 23.5 Å². The molecule has 5 heteroatoms. The van der Waals surface area contributed by atoms with E-state index in [2.05, 4.69) is 18.2 Å². The molecular formula is C23H23NO4. The third-order valence-corrected chi connectivity index (χ3v) is 6.59. The summed E-state index contributed by atoms with van der Waals surface area (Å²) in [5.74, 6) is 1.79. The van der Waals surface area contributed by atoms with Crippen molar-refractivity contribution in [2.75, 3.05) is 31.3 Å². The van der Waals surface area contributed by atoms with Crippen molar-refractivity contribution in [1.82, 2.24) is 0 Å². The minimum absolute atomic E-state index is 0.111. The van der Waals surface area contributed by atoms with Crippen LogP contribution >= 0.6 is 0 Å². The molecule has 0 radical (unpaired) electrons. The van der Waals surface area contributed by atoms with Gasteiger partial charge in [0.2, 0.25) is 5.91 Å². The Kier molecular flexibility index (Phi) is 3.51. The first-order valence-corrected chi connectivity index (χ1v) is 10.2. The number of ether oxygens (including phenoxy) is 3. The molecular weight excluding hydrogens is 354 g/mol. The Hall–Kier alpha value is -2.53. The zero-order valence-electron chi connectivity index (χ0n) is 15.8. The number of anilines is 1. The maximum absolute atomic E-state index is 13.9. The number of aryl methyl sites for hydroxylation is 1. The number of amides is 1. The molecule has 1 saturated heterocycles. The average molecular weight is 377 g/mol. The second kappa shape index (κ2) is 5.98. The molecule has 1 unspecified atom stereocenters. The van der Waals surface area contributed by atoms with Crippen LogP contribution in [0.3, 0.4) is 0 Å². The molecule has 144 valence electrons. The molecule has 28 heavy (non-hydrogen) atoms. The number of nitrogens with zero attached hydrogens (tertiary/aromatic N) is 1. The minimum Gasteiger partial charge on any atom is -0.493 e. The third-order valence-electron chi connectivity index (χ3n) is 6.59. The molecule has 4 heterocycles. The monoisotopic (exact) mass is 377 g/mol. The predicted molar refractivity (Wildman–Crippen MR) is 104 cm³/mol. The summed E-state index contributed by atoms with van der Waals surface area (Å²) < 4.78 is 17.7. The molecule has 5 nitrogen and oxygen atoms in total. The summed E-state index contributed by atoms with van der Waals surface area (Å²) in [5.41, 5.74) is 3.46. The fourth-order valence-corrected chi connectivity index (χ4v) is 5.20. The molecule has 6 rings (SSSR count). The Labute approximate surface area is 164 Å². The fourth-order valence-electron chi connectivity index (χ4n) is 5.20. The molecule has 4 aliphatic rings. The predicted octanol–water partition coefficient (Wildman–Crippen LogP) is 3.22. The summed E-state index contributed by atoms with van der Waals surface area (Å²) in [6.07, 6.45) is 4.18. The molecule has 0 aliphatic carbocycles. The molecule has 0 aromatic heterocycles. The fraction of sp³-hybridized carbons (Fsp3) is 0.435. The van der Waals surface area contributed by atoms with Crippen LogP contribution in [0.4, 0.5) is 5.69 Å². The number of benzene rings is 2. The molecule has 1 fully saturated rings. The van der Waals surface area contributed by atoms with Gasteiger partial charge in [0.25, 0.3) is 0 Å². The van der Waals surface area contributed by atoms with Gasteiger partial charge in [-0.1, -0.05) is 18.2 Å². The van der Waals surface area contributed by atoms with E-state index in [1.165, 1.54) is 5.56 Å². The Balaban J connectivity index is 1.48. The molecule has 2 atom stereocenters. The number of carbonyl (C=O) groups is 1. The van der Waals surface area contributed by atoms with Crippen LogP contribution in [0, 0.1) is 0 Å². The molecule has 2 aromatic rings. The molecule has 4 aliphatic heterocycles. The first-order valence-electron chi connectivity index (χ1n) is 10.2. The lowest BCUT2D eigenvalue weighted by Crippen LogP contribution is -2.45. The SMILES string of the molecule is O=C1N(C[C@H]2CCCO2)c2ccccc2C12COc1cc3c(cc12)CCCO3. The van der Waals surface area contributed by atoms with E-state index in [1.807, 2.05) is 23.1 Å². The van der Waals surface area contributed by atoms with Gasteiger partial charge < -0.3 is 19.1 Å². The summed E-state index contributed by atoms with van der Waals surface area (Å²) in [7, 11) is 0. The van der Waals surface area contributed by atoms with Crippen LogP contribution < -0.4 is 14.4 Å². The summed E-state index contributed by atoms with van der Waals surface area (Å²) in [6.45, 7) is 2.50. The van der Waals surface area contributed by atoms with Gasteiger partial charge in [-0.3, -0.25) is 4.79 Å². The highest BCUT2D eigenvalue weighted by Gasteiger charge is 2.57. The number of para-hydroxylation sites is 1. The lowest BCUT2D eigenvalue weighted by atomic mass is 9.76. The number of hydrogen-bond donors (Lipinski definition) is 0. The summed E-state index contributed by atoms with van der Waals surface area (Å²) in [5, 5.41) is 0. The number of rotatable bonds is 2. The summed E-state index contributed by atoms with van der Waals surface area (Å²) in [4.78, 5) is 15.8. The maximum atomic E-state index is 13.9. The molecule has 0 saturated carbocycles. The van der Waals surface area contributed by atoms with Gasteiger partial charge in [0.05, 0.1) is 19.3 Å². The average Bonchev–Trinajstić information content (AvgIpc) is 3.43. The topological polar surface area (TPSA) is 48.0 Å². The van der Waals surface area contributed by atoms with Crippen molar-refractivity contribution < 1.29 is 19.0 Å². The van der Waals surface area contributed by atoms with Crippen molar-refractivity contribution in [2.45, 2.75) is 37.2 Å². The van der Waals surface area contributed by atoms with Gasteiger partial charge in [0.15, 0.2) is 0 Å². The van der Waals surface area contributed by atoms with Crippen molar-refractivity contribution >= 4 is 11.6 Å². The van der Waals surface area contributed by atoms with Crippen LogP contribution in [-0.2, 0) is 21.4 Å². The largest absolute Gasteiger partial charge is 0.493 e. The van der Waals surface area contributed by atoms with Crippen molar-refractivity contribution in [1.29, 1.82) is 0 Å². The van der Waals surface area contributed by atoms with E-state index in [4.69, 9.17) is 14.2 Å². The van der Waals surface area contributed by atoms with Crippen molar-refractivity contribution in [3.8, 4) is 11.5 Å². The molecule has 2 aromatic carbocycles. The Morgan fingerprint density at radius 2 is 1.96 bits per heavy atom. The number of hydrogen-bond acceptors (Lipinski definition) is 4. The molecule has 0 N–H and O–H groups in total. The quantitative estimate of drug-likeness (QED) is 0.806. The Morgan fingerprint density at radius 3 is 2.86 bits per heavy atom. The van der Waals surface area contributed by atoms with Crippen LogP contribution in [0.1, 0.15) is 36.0 Å². The van der Waals surface area contributed by atoms with E-state index in [9.17, 15) is 4.79 Å². The lowest BCUT2D eigenvalue weighted by molar-refractivity contribution is -0.122. The number of fused-ring (bicyclic) bond motifs is 5. The Morgan fingerprint density at radius 1 is 1.04 bits per heavy atom. The van der Waals surface area contributed by atoms with E-state index in [0.717, 1.165) is 67.2 Å². The highest BCUT2D eigenvalue weighted by molar-refractivity contribution is 6.11. The van der Waals surface area contributed by atoms with Gasteiger partial charge in [-0.25, -0.2) is 0 Å². The van der Waals surface area contributed by atoms with Gasteiger partial charge >= 0.3 is 0 Å². The van der Waals surface area contributed by atoms with Crippen LogP contribution in [0.25, 0.3) is 0 Å². The second-order valence-corrected chi connectivity index (χ2v) is 8.17. The molecule has 1 amide bonds. The van der Waals surface area contributed by atoms with Crippen molar-refractivity contribution in [3.05, 3.63) is 53.1 Å². The van der Waals surface area contributed by atoms with Crippen LogP contribution in [-0.4, -0.2) is 38.4 Å². The highest BCUT2D eigenvalue weighted by atomic mass is 16.5. The van der Waals surface area contributed by atoms with E-state index >= 15 is 0 Å². The first kappa shape index (κ1) is 16.4. The van der Waals surface area contributed by atoms with Gasteiger partial charge in [-0.05, 0) is 48.9 Å². The lowest BCUT2D eigenvalue weighted by Gasteiger charge is -2.25. The van der Waals surface area contributed by atoms with Gasteiger partial charge in [0, 0.05) is 23.9 Å². The number of carbonyl (C=O) groups excluding carboxylic acids is 1. The maximum Gasteiger partial charge on any atom is 0.245 e. The minimum atomic E-state index is -0.753. The molecule has 0 bridgehead atoms. The zero-order chi connectivity index (χ0) is 18.7. The van der Waals surface area contributed by atoms with Crippen LogP contribution in [0.15, 0.2) is 36.4 Å². The van der Waals surface area contributed by atoms with E-state index in [0.29, 0.717) is 13.2 Å². The van der Waals surface area contributed by atoms with Gasteiger partial charge in [-0.2, -0.15) is 0 Å². The van der Waals surface area contributed by atoms with Crippen LogP contribution in [0.5, 0.6) is 11.5 Å². The second-order valence-electron chi connectivity index (χ2n) is 8.17. The summed E-state index contributed by atoms with van der Waals surface area (Å²) in [6, 6.07) is 12.3. The highest BCUT2D eigenvalue weighted by Crippen LogP contribution is 2.53. The summed E-state index contributed by atoms with van der Waals surface area (Å²) >= 11 is 0. The normalized spacial score (nSPS) is 27.4. The first-order chi connectivity index (χ1) is 13.8. The van der Waals surface area contributed by atoms with E-state index in [-0.39, 0.29) is 12.0 Å². The standard InChI is InChI=1S/C23H23NO4/c25-22-23(14-28-21-12-20-15(11-18(21)23)5-3-10-27-20)17-7-1-2-8-19(17)24(22)13-16-6-4-9-26-16/h1-2,7-8,11-12,16H,3-6,9-10,13-14H2/t16-,23?/m1/s1. The smallest absolute Gasteiger partial charge is 0.245 e. The van der Waals surface area contributed by atoms with E-state index in [1.54, 1.807) is 0 Å². The van der Waals surface area contributed by atoms with Crippen molar-refractivity contribution in [3.63, 3.8) is 0 Å². The van der Waals surface area contributed by atoms with Crippen molar-refractivity contribution in [2.24, 2.45) is 0 Å². The third kappa shape index (κ3) is 2.14. The van der Waals surface area contributed by atoms with Crippen LogP contribution in [0.2, 0.25) is 0 Å². The molecule has 1 spiro atoms.